The Morgan fingerprint density at radius 2 is 1.70 bits per heavy atom. The molecule has 0 fully saturated rings. The molecule has 0 bridgehead atoms. The first-order chi connectivity index (χ1) is 9.69. The molecule has 0 saturated carbocycles. The third-order valence-electron chi connectivity index (χ3n) is 3.06. The molecule has 114 valence electrons. The van der Waals surface area contributed by atoms with Crippen LogP contribution in [0.2, 0.25) is 0 Å². The van der Waals surface area contributed by atoms with Gasteiger partial charge in [-0.25, -0.2) is 0 Å². The molecular formula is C16H27NO3. The van der Waals surface area contributed by atoms with Gasteiger partial charge < -0.3 is 19.9 Å². The predicted octanol–water partition coefficient (Wildman–Crippen LogP) is 2.24. The second kappa shape index (κ2) is 9.75. The molecule has 0 unspecified atom stereocenters. The van der Waals surface area contributed by atoms with Gasteiger partial charge in [-0.15, -0.1) is 0 Å². The van der Waals surface area contributed by atoms with Crippen LogP contribution in [0.25, 0.3) is 0 Å². The van der Waals surface area contributed by atoms with E-state index in [1.165, 1.54) is 5.56 Å². The summed E-state index contributed by atoms with van der Waals surface area (Å²) in [5.74, 6) is 0.964. The molecule has 1 aromatic rings. The van der Waals surface area contributed by atoms with Crippen LogP contribution in [0, 0.1) is 13.8 Å². The summed E-state index contributed by atoms with van der Waals surface area (Å²) < 4.78 is 16.3. The lowest BCUT2D eigenvalue weighted by Crippen LogP contribution is -2.10. The van der Waals surface area contributed by atoms with Gasteiger partial charge in [0.1, 0.15) is 12.4 Å². The van der Waals surface area contributed by atoms with Crippen molar-refractivity contribution in [1.82, 2.24) is 0 Å². The first kappa shape index (κ1) is 17.0. The minimum atomic E-state index is 0.574. The van der Waals surface area contributed by atoms with Gasteiger partial charge in [-0.3, -0.25) is 0 Å². The molecule has 2 N–H and O–H groups in total. The summed E-state index contributed by atoms with van der Waals surface area (Å²) in [6, 6.07) is 4.29. The molecule has 4 heteroatoms. The van der Waals surface area contributed by atoms with Gasteiger partial charge in [0.15, 0.2) is 0 Å². The van der Waals surface area contributed by atoms with E-state index in [4.69, 9.17) is 19.9 Å². The van der Waals surface area contributed by atoms with Gasteiger partial charge in [-0.05, 0) is 49.9 Å². The fourth-order valence-corrected chi connectivity index (χ4v) is 2.19. The Morgan fingerprint density at radius 3 is 2.30 bits per heavy atom. The minimum absolute atomic E-state index is 0.574. The standard InChI is InChI=1S/C16H27NO3/c1-13-11-15(5-6-17)12-14(2)16(13)20-10-9-19-8-4-7-18-3/h11-12H,4-10,17H2,1-3H3. The van der Waals surface area contributed by atoms with Crippen LogP contribution in [0.15, 0.2) is 12.1 Å². The quantitative estimate of drug-likeness (QED) is 0.668. The molecule has 0 aliphatic carbocycles. The lowest BCUT2D eigenvalue weighted by atomic mass is 10.0. The van der Waals surface area contributed by atoms with Crippen molar-refractivity contribution in [3.8, 4) is 5.75 Å². The van der Waals surface area contributed by atoms with Crippen molar-refractivity contribution in [3.63, 3.8) is 0 Å². The number of hydrogen-bond acceptors (Lipinski definition) is 4. The zero-order valence-corrected chi connectivity index (χ0v) is 12.9. The molecule has 0 heterocycles. The van der Waals surface area contributed by atoms with Crippen molar-refractivity contribution >= 4 is 0 Å². The topological polar surface area (TPSA) is 53.7 Å². The Labute approximate surface area is 122 Å². The zero-order chi connectivity index (χ0) is 14.8. The van der Waals surface area contributed by atoms with E-state index in [9.17, 15) is 0 Å². The largest absolute Gasteiger partial charge is 0.491 e. The highest BCUT2D eigenvalue weighted by atomic mass is 16.5. The summed E-state index contributed by atoms with van der Waals surface area (Å²) >= 11 is 0. The fourth-order valence-electron chi connectivity index (χ4n) is 2.19. The van der Waals surface area contributed by atoms with Crippen LogP contribution < -0.4 is 10.5 Å². The highest BCUT2D eigenvalue weighted by Gasteiger charge is 2.06. The molecule has 0 aromatic heterocycles. The second-order valence-corrected chi connectivity index (χ2v) is 4.90. The van der Waals surface area contributed by atoms with Gasteiger partial charge in [0.05, 0.1) is 6.61 Å². The van der Waals surface area contributed by atoms with Crippen molar-refractivity contribution in [2.75, 3.05) is 40.1 Å². The van der Waals surface area contributed by atoms with Crippen LogP contribution in [0.5, 0.6) is 5.75 Å². The average molecular weight is 281 g/mol. The molecule has 4 nitrogen and oxygen atoms in total. The molecule has 0 spiro atoms. The molecule has 20 heavy (non-hydrogen) atoms. The molecule has 0 saturated heterocycles. The van der Waals surface area contributed by atoms with Crippen LogP contribution in [-0.2, 0) is 15.9 Å². The van der Waals surface area contributed by atoms with E-state index >= 15 is 0 Å². The SMILES string of the molecule is COCCCOCCOc1c(C)cc(CCN)cc1C. The number of benzene rings is 1. The van der Waals surface area contributed by atoms with Crippen LogP contribution in [0.4, 0.5) is 0 Å². The van der Waals surface area contributed by atoms with Crippen molar-refractivity contribution in [1.29, 1.82) is 0 Å². The summed E-state index contributed by atoms with van der Waals surface area (Å²) in [6.45, 7) is 7.45. The number of methoxy groups -OCH3 is 1. The predicted molar refractivity (Wildman–Crippen MR) is 81.5 cm³/mol. The summed E-state index contributed by atoms with van der Waals surface area (Å²) in [5.41, 5.74) is 9.18. The summed E-state index contributed by atoms with van der Waals surface area (Å²) in [4.78, 5) is 0. The molecule has 0 aliphatic heterocycles. The Bertz CT molecular complexity index is 370. The average Bonchev–Trinajstić information content (AvgIpc) is 2.40. The molecule has 0 radical (unpaired) electrons. The van der Waals surface area contributed by atoms with E-state index in [1.807, 2.05) is 0 Å². The van der Waals surface area contributed by atoms with Gasteiger partial charge in [-0.1, -0.05) is 12.1 Å². The van der Waals surface area contributed by atoms with Crippen LogP contribution in [0.3, 0.4) is 0 Å². The number of ether oxygens (including phenoxy) is 3. The maximum atomic E-state index is 5.82. The van der Waals surface area contributed by atoms with E-state index in [-0.39, 0.29) is 0 Å². The molecule has 1 aromatic carbocycles. The third kappa shape index (κ3) is 5.90. The van der Waals surface area contributed by atoms with Crippen molar-refractivity contribution < 1.29 is 14.2 Å². The van der Waals surface area contributed by atoms with Crippen molar-refractivity contribution in [2.45, 2.75) is 26.7 Å². The Hall–Kier alpha value is -1.10. The first-order valence-electron chi connectivity index (χ1n) is 7.18. The van der Waals surface area contributed by atoms with E-state index in [2.05, 4.69) is 26.0 Å². The lowest BCUT2D eigenvalue weighted by Gasteiger charge is -2.14. The van der Waals surface area contributed by atoms with E-state index in [1.54, 1.807) is 7.11 Å². The third-order valence-corrected chi connectivity index (χ3v) is 3.06. The first-order valence-corrected chi connectivity index (χ1v) is 7.18. The second-order valence-electron chi connectivity index (χ2n) is 4.90. The monoisotopic (exact) mass is 281 g/mol. The molecular weight excluding hydrogens is 254 g/mol. The minimum Gasteiger partial charge on any atom is -0.491 e. The number of nitrogens with two attached hydrogens (primary N) is 1. The van der Waals surface area contributed by atoms with Crippen LogP contribution in [0.1, 0.15) is 23.1 Å². The highest BCUT2D eigenvalue weighted by molar-refractivity contribution is 5.43. The smallest absolute Gasteiger partial charge is 0.125 e. The van der Waals surface area contributed by atoms with Gasteiger partial charge in [0.2, 0.25) is 0 Å². The summed E-state index contributed by atoms with van der Waals surface area (Å²) in [5, 5.41) is 0. The molecule has 0 aliphatic rings. The number of rotatable bonds is 10. The van der Waals surface area contributed by atoms with Crippen molar-refractivity contribution in [3.05, 3.63) is 28.8 Å². The fraction of sp³-hybridized carbons (Fsp3) is 0.625. The van der Waals surface area contributed by atoms with Crippen LogP contribution in [-0.4, -0.2) is 40.1 Å². The maximum Gasteiger partial charge on any atom is 0.125 e. The lowest BCUT2D eigenvalue weighted by molar-refractivity contribution is 0.0803. The van der Waals surface area contributed by atoms with E-state index in [0.717, 1.165) is 36.3 Å². The summed E-state index contributed by atoms with van der Waals surface area (Å²) in [6.07, 6.45) is 1.83. The Balaban J connectivity index is 2.36. The van der Waals surface area contributed by atoms with Gasteiger partial charge in [-0.2, -0.15) is 0 Å². The van der Waals surface area contributed by atoms with Crippen LogP contribution >= 0.6 is 0 Å². The van der Waals surface area contributed by atoms with E-state index < -0.39 is 0 Å². The Morgan fingerprint density at radius 1 is 1.00 bits per heavy atom. The normalized spacial score (nSPS) is 10.8. The van der Waals surface area contributed by atoms with E-state index in [0.29, 0.717) is 26.4 Å². The summed E-state index contributed by atoms with van der Waals surface area (Å²) in [7, 11) is 1.70. The Kier molecular flexibility index (Phi) is 8.26. The number of aryl methyl sites for hydroxylation is 2. The van der Waals surface area contributed by atoms with Gasteiger partial charge >= 0.3 is 0 Å². The molecule has 0 atom stereocenters. The maximum absolute atomic E-state index is 5.82. The zero-order valence-electron chi connectivity index (χ0n) is 12.9. The molecule has 0 amide bonds. The molecule has 1 rings (SSSR count). The highest BCUT2D eigenvalue weighted by Crippen LogP contribution is 2.24. The van der Waals surface area contributed by atoms with Gasteiger partial charge in [0, 0.05) is 20.3 Å². The van der Waals surface area contributed by atoms with Crippen molar-refractivity contribution in [2.24, 2.45) is 5.73 Å². The van der Waals surface area contributed by atoms with Gasteiger partial charge in [0.25, 0.3) is 0 Å². The number of hydrogen-bond donors (Lipinski definition) is 1.